The lowest BCUT2D eigenvalue weighted by molar-refractivity contribution is 0.0813. The zero-order valence-corrected chi connectivity index (χ0v) is 17.9. The minimum absolute atomic E-state index is 0.0353. The fourth-order valence-electron chi connectivity index (χ4n) is 3.64. The first-order valence-corrected chi connectivity index (χ1v) is 11.0. The second-order valence-electron chi connectivity index (χ2n) is 7.33. The van der Waals surface area contributed by atoms with Gasteiger partial charge < -0.3 is 4.74 Å². The molecule has 1 aliphatic rings. The molecule has 2 aromatic carbocycles. The van der Waals surface area contributed by atoms with Gasteiger partial charge in [0.1, 0.15) is 6.61 Å². The van der Waals surface area contributed by atoms with E-state index < -0.39 is 6.09 Å². The molecule has 4 rings (SSSR count). The molecule has 1 saturated heterocycles. The summed E-state index contributed by atoms with van der Waals surface area (Å²) in [6.07, 6.45) is 2.92. The molecule has 156 valence electrons. The number of aromatic nitrogens is 1. The molecule has 3 aromatic rings. The molecular weight excluding hydrogens is 422 g/mol. The lowest BCUT2D eigenvalue weighted by atomic mass is 9.89. The predicted molar refractivity (Wildman–Crippen MR) is 120 cm³/mol. The van der Waals surface area contributed by atoms with Gasteiger partial charge in [-0.2, -0.15) is 4.37 Å². The van der Waals surface area contributed by atoms with Crippen LogP contribution >= 0.6 is 23.1 Å². The van der Waals surface area contributed by atoms with E-state index in [4.69, 9.17) is 16.3 Å². The van der Waals surface area contributed by atoms with Crippen LogP contribution in [0.2, 0.25) is 5.02 Å². The third-order valence-electron chi connectivity index (χ3n) is 5.33. The van der Waals surface area contributed by atoms with Crippen molar-refractivity contribution in [1.82, 2.24) is 9.27 Å². The van der Waals surface area contributed by atoms with Gasteiger partial charge >= 0.3 is 6.09 Å². The standard InChI is InChI=1S/C22H22ClN3O3S/c23-18-3-1-15(2-4-18)21(27)16-7-9-26(10-8-16)11-12-29-22(28)25-19-5-6-20-17(13-19)14-24-30-20/h1-6,13-14,16H,7-12H2,(H,25,28). The van der Waals surface area contributed by atoms with Gasteiger partial charge in [0.25, 0.3) is 0 Å². The quantitative estimate of drug-likeness (QED) is 0.537. The SMILES string of the molecule is O=C(Nc1ccc2sncc2c1)OCCN1CCC(C(=O)c2ccc(Cl)cc2)CC1. The first-order chi connectivity index (χ1) is 14.6. The Morgan fingerprint density at radius 2 is 1.93 bits per heavy atom. The second kappa shape index (κ2) is 9.55. The van der Waals surface area contributed by atoms with E-state index in [9.17, 15) is 9.59 Å². The summed E-state index contributed by atoms with van der Waals surface area (Å²) in [6, 6.07) is 12.7. The summed E-state index contributed by atoms with van der Waals surface area (Å²) in [4.78, 5) is 26.9. The molecule has 0 spiro atoms. The largest absolute Gasteiger partial charge is 0.448 e. The molecule has 1 amide bonds. The van der Waals surface area contributed by atoms with Gasteiger partial charge in [0.05, 0.1) is 4.70 Å². The Morgan fingerprint density at radius 3 is 2.70 bits per heavy atom. The number of fused-ring (bicyclic) bond motifs is 1. The van der Waals surface area contributed by atoms with Crippen LogP contribution in [0, 0.1) is 5.92 Å². The van der Waals surface area contributed by atoms with Crippen LogP contribution in [0.3, 0.4) is 0 Å². The number of ether oxygens (including phenoxy) is 1. The van der Waals surface area contributed by atoms with Crippen molar-refractivity contribution in [3.8, 4) is 0 Å². The summed E-state index contributed by atoms with van der Waals surface area (Å²) < 4.78 is 10.5. The van der Waals surface area contributed by atoms with Crippen molar-refractivity contribution >= 4 is 50.8 Å². The molecule has 1 aromatic heterocycles. The second-order valence-corrected chi connectivity index (χ2v) is 8.60. The van der Waals surface area contributed by atoms with Crippen LogP contribution in [0.4, 0.5) is 10.5 Å². The number of halogens is 1. The summed E-state index contributed by atoms with van der Waals surface area (Å²) in [6.45, 7) is 2.60. The maximum absolute atomic E-state index is 12.6. The van der Waals surface area contributed by atoms with Crippen LogP contribution < -0.4 is 5.32 Å². The minimum atomic E-state index is -0.467. The Labute approximate surface area is 183 Å². The highest BCUT2D eigenvalue weighted by Crippen LogP contribution is 2.23. The van der Waals surface area contributed by atoms with Crippen molar-refractivity contribution in [2.75, 3.05) is 31.6 Å². The van der Waals surface area contributed by atoms with Crippen LogP contribution in [-0.2, 0) is 4.74 Å². The highest BCUT2D eigenvalue weighted by atomic mass is 35.5. The van der Waals surface area contributed by atoms with E-state index in [0.717, 1.165) is 36.0 Å². The third kappa shape index (κ3) is 5.16. The van der Waals surface area contributed by atoms with Gasteiger partial charge in [-0.15, -0.1) is 0 Å². The number of hydrogen-bond acceptors (Lipinski definition) is 6. The molecule has 0 unspecified atom stereocenters. The Bertz CT molecular complexity index is 1030. The summed E-state index contributed by atoms with van der Waals surface area (Å²) >= 11 is 7.32. The molecule has 30 heavy (non-hydrogen) atoms. The maximum Gasteiger partial charge on any atom is 0.411 e. The predicted octanol–water partition coefficient (Wildman–Crippen LogP) is 5.09. The van der Waals surface area contributed by atoms with Gasteiger partial charge in [-0.25, -0.2) is 4.79 Å². The van der Waals surface area contributed by atoms with Gasteiger partial charge in [-0.1, -0.05) is 11.6 Å². The fourth-order valence-corrected chi connectivity index (χ4v) is 4.39. The van der Waals surface area contributed by atoms with E-state index >= 15 is 0 Å². The molecule has 8 heteroatoms. The van der Waals surface area contributed by atoms with Crippen molar-refractivity contribution in [1.29, 1.82) is 0 Å². The minimum Gasteiger partial charge on any atom is -0.448 e. The van der Waals surface area contributed by atoms with E-state index in [1.807, 2.05) is 18.2 Å². The van der Waals surface area contributed by atoms with Crippen LogP contribution in [0.5, 0.6) is 0 Å². The van der Waals surface area contributed by atoms with Crippen molar-refractivity contribution in [3.05, 3.63) is 59.2 Å². The number of carbonyl (C=O) groups excluding carboxylic acids is 2. The number of nitrogens with one attached hydrogen (secondary N) is 1. The summed E-state index contributed by atoms with van der Waals surface area (Å²) in [7, 11) is 0. The monoisotopic (exact) mass is 443 g/mol. The number of benzene rings is 2. The first kappa shape index (κ1) is 20.8. The molecular formula is C22H22ClN3O3S. The molecule has 6 nitrogen and oxygen atoms in total. The lowest BCUT2D eigenvalue weighted by Crippen LogP contribution is -2.38. The Hall–Kier alpha value is -2.48. The Morgan fingerprint density at radius 1 is 1.17 bits per heavy atom. The van der Waals surface area contributed by atoms with E-state index in [1.165, 1.54) is 11.5 Å². The zero-order valence-electron chi connectivity index (χ0n) is 16.3. The fraction of sp³-hybridized carbons (Fsp3) is 0.318. The topological polar surface area (TPSA) is 71.5 Å². The number of Topliss-reactive ketones (excluding diaryl/α,β-unsaturated/α-hetero) is 1. The van der Waals surface area contributed by atoms with Crippen molar-refractivity contribution in [2.24, 2.45) is 5.92 Å². The number of anilines is 1. The summed E-state index contributed by atoms with van der Waals surface area (Å²) in [5.74, 6) is 0.216. The summed E-state index contributed by atoms with van der Waals surface area (Å²) in [5.41, 5.74) is 1.41. The molecule has 0 atom stereocenters. The number of carbonyl (C=O) groups is 2. The van der Waals surface area contributed by atoms with Crippen molar-refractivity contribution in [2.45, 2.75) is 12.8 Å². The highest BCUT2D eigenvalue weighted by molar-refractivity contribution is 7.13. The normalized spacial score (nSPS) is 15.2. The number of likely N-dealkylation sites (tertiary alicyclic amines) is 1. The average molecular weight is 444 g/mol. The van der Waals surface area contributed by atoms with E-state index in [1.54, 1.807) is 30.5 Å². The van der Waals surface area contributed by atoms with Crippen LogP contribution in [0.1, 0.15) is 23.2 Å². The number of ketones is 1. The van der Waals surface area contributed by atoms with Gasteiger partial charge in [-0.05, 0) is 79.9 Å². The van der Waals surface area contributed by atoms with Crippen molar-refractivity contribution in [3.63, 3.8) is 0 Å². The lowest BCUT2D eigenvalue weighted by Gasteiger charge is -2.31. The van der Waals surface area contributed by atoms with Gasteiger partial charge in [0.15, 0.2) is 5.78 Å². The number of amides is 1. The molecule has 0 bridgehead atoms. The van der Waals surface area contributed by atoms with Gasteiger partial charge in [-0.3, -0.25) is 15.0 Å². The molecule has 1 fully saturated rings. The van der Waals surface area contributed by atoms with E-state index in [-0.39, 0.29) is 11.7 Å². The Balaban J connectivity index is 1.18. The number of piperidine rings is 1. The summed E-state index contributed by atoms with van der Waals surface area (Å²) in [5, 5.41) is 4.38. The molecule has 1 N–H and O–H groups in total. The van der Waals surface area contributed by atoms with Gasteiger partial charge in [0, 0.05) is 40.3 Å². The van der Waals surface area contributed by atoms with E-state index in [2.05, 4.69) is 14.6 Å². The smallest absolute Gasteiger partial charge is 0.411 e. The molecule has 0 saturated carbocycles. The van der Waals surface area contributed by atoms with E-state index in [0.29, 0.717) is 29.4 Å². The van der Waals surface area contributed by atoms with Crippen LogP contribution in [0.25, 0.3) is 10.1 Å². The third-order valence-corrected chi connectivity index (χ3v) is 6.36. The molecule has 1 aliphatic heterocycles. The average Bonchev–Trinajstić information content (AvgIpc) is 3.22. The maximum atomic E-state index is 12.6. The number of hydrogen-bond donors (Lipinski definition) is 1. The first-order valence-electron chi connectivity index (χ1n) is 9.89. The van der Waals surface area contributed by atoms with Crippen molar-refractivity contribution < 1.29 is 14.3 Å². The number of nitrogens with zero attached hydrogens (tertiary/aromatic N) is 2. The molecule has 0 radical (unpaired) electrons. The highest BCUT2D eigenvalue weighted by Gasteiger charge is 2.25. The molecule has 2 heterocycles. The van der Waals surface area contributed by atoms with Gasteiger partial charge in [0.2, 0.25) is 0 Å². The van der Waals surface area contributed by atoms with Crippen LogP contribution in [-0.4, -0.2) is 47.4 Å². The molecule has 0 aliphatic carbocycles. The number of rotatable bonds is 6. The van der Waals surface area contributed by atoms with Crippen LogP contribution in [0.15, 0.2) is 48.7 Å². The zero-order chi connectivity index (χ0) is 20.9. The Kier molecular flexibility index (Phi) is 6.62.